The van der Waals surface area contributed by atoms with Gasteiger partial charge in [0.05, 0.1) is 0 Å². The van der Waals surface area contributed by atoms with Gasteiger partial charge in [-0.2, -0.15) is 0 Å². The van der Waals surface area contributed by atoms with Gasteiger partial charge in [-0.25, -0.2) is 9.78 Å². The van der Waals surface area contributed by atoms with E-state index in [9.17, 15) is 4.79 Å². The van der Waals surface area contributed by atoms with Crippen LogP contribution in [0, 0.1) is 6.92 Å². The van der Waals surface area contributed by atoms with Gasteiger partial charge in [-0.05, 0) is 62.2 Å². The highest BCUT2D eigenvalue weighted by atomic mass is 79.9. The number of anilines is 1. The Bertz CT molecular complexity index is 557. The van der Waals surface area contributed by atoms with Crippen LogP contribution in [-0.4, -0.2) is 47.3 Å². The van der Waals surface area contributed by atoms with Crippen molar-refractivity contribution in [3.63, 3.8) is 0 Å². The first-order valence-corrected chi connectivity index (χ1v) is 8.33. The zero-order valence-corrected chi connectivity index (χ0v) is 15.5. The average Bonchev–Trinajstić information content (AvgIpc) is 2.39. The van der Waals surface area contributed by atoms with Crippen LogP contribution < -0.4 is 4.90 Å². The smallest absolute Gasteiger partial charge is 0.410 e. The molecule has 0 N–H and O–H groups in total. The molecule has 0 unspecified atom stereocenters. The number of pyridine rings is 1. The highest BCUT2D eigenvalue weighted by molar-refractivity contribution is 9.10. The lowest BCUT2D eigenvalue weighted by Crippen LogP contribution is -2.55. The number of halogens is 1. The van der Waals surface area contributed by atoms with Gasteiger partial charge in [-0.3, -0.25) is 0 Å². The molecule has 0 spiro atoms. The zero-order chi connectivity index (χ0) is 16.5. The van der Waals surface area contributed by atoms with E-state index in [4.69, 9.17) is 4.74 Å². The molecule has 0 bridgehead atoms. The molecule has 1 aliphatic rings. The Morgan fingerprint density at radius 3 is 2.64 bits per heavy atom. The first-order chi connectivity index (χ1) is 10.2. The monoisotopic (exact) mass is 369 g/mol. The minimum Gasteiger partial charge on any atom is -0.444 e. The van der Waals surface area contributed by atoms with Crippen LogP contribution in [0.15, 0.2) is 16.7 Å². The summed E-state index contributed by atoms with van der Waals surface area (Å²) in [7, 11) is 0. The van der Waals surface area contributed by atoms with Crippen molar-refractivity contribution in [2.45, 2.75) is 46.3 Å². The number of hydrogen-bond acceptors (Lipinski definition) is 4. The van der Waals surface area contributed by atoms with Crippen LogP contribution in [0.25, 0.3) is 0 Å². The molecule has 0 saturated carbocycles. The number of hydrogen-bond donors (Lipinski definition) is 0. The highest BCUT2D eigenvalue weighted by Gasteiger charge is 2.31. The average molecular weight is 370 g/mol. The Hall–Kier alpha value is -1.30. The second kappa shape index (κ2) is 6.44. The SMILES string of the molecule is Cc1cc(N2CCN(C(=O)OC(C)(C)C)[C@@H](C)C2)ncc1Br. The molecule has 0 radical (unpaired) electrons. The highest BCUT2D eigenvalue weighted by Crippen LogP contribution is 2.23. The van der Waals surface area contributed by atoms with Crippen LogP contribution in [0.2, 0.25) is 0 Å². The molecule has 6 heteroatoms. The Kier molecular flexibility index (Phi) is 5.00. The quantitative estimate of drug-likeness (QED) is 0.758. The summed E-state index contributed by atoms with van der Waals surface area (Å²) in [6.07, 6.45) is 1.59. The fraction of sp³-hybridized carbons (Fsp3) is 0.625. The van der Waals surface area contributed by atoms with Gasteiger partial charge in [0.25, 0.3) is 0 Å². The van der Waals surface area contributed by atoms with Crippen molar-refractivity contribution in [1.29, 1.82) is 0 Å². The lowest BCUT2D eigenvalue weighted by atomic mass is 10.2. The molecule has 1 fully saturated rings. The normalized spacial score (nSPS) is 19.3. The van der Waals surface area contributed by atoms with E-state index in [1.807, 2.05) is 33.9 Å². The predicted molar refractivity (Wildman–Crippen MR) is 91.3 cm³/mol. The van der Waals surface area contributed by atoms with Gasteiger partial charge in [0.15, 0.2) is 0 Å². The lowest BCUT2D eigenvalue weighted by Gasteiger charge is -2.40. The van der Waals surface area contributed by atoms with Gasteiger partial charge in [0, 0.05) is 36.3 Å². The van der Waals surface area contributed by atoms with E-state index in [-0.39, 0.29) is 12.1 Å². The van der Waals surface area contributed by atoms with E-state index in [1.165, 1.54) is 0 Å². The van der Waals surface area contributed by atoms with Crippen LogP contribution >= 0.6 is 15.9 Å². The van der Waals surface area contributed by atoms with E-state index in [2.05, 4.69) is 38.8 Å². The fourth-order valence-electron chi connectivity index (χ4n) is 2.45. The van der Waals surface area contributed by atoms with E-state index < -0.39 is 5.60 Å². The zero-order valence-electron chi connectivity index (χ0n) is 13.9. The second-order valence-electron chi connectivity index (χ2n) is 6.76. The summed E-state index contributed by atoms with van der Waals surface area (Å²) in [4.78, 5) is 20.7. The van der Waals surface area contributed by atoms with Crippen LogP contribution in [0.4, 0.5) is 10.6 Å². The second-order valence-corrected chi connectivity index (χ2v) is 7.61. The molecule has 1 atom stereocenters. The van der Waals surface area contributed by atoms with Crippen molar-refractivity contribution in [2.24, 2.45) is 0 Å². The number of carbonyl (C=O) groups is 1. The third kappa shape index (κ3) is 4.12. The van der Waals surface area contributed by atoms with Crippen molar-refractivity contribution in [3.05, 3.63) is 22.3 Å². The molecule has 22 heavy (non-hydrogen) atoms. The predicted octanol–water partition coefficient (Wildman–Crippen LogP) is 3.60. The maximum Gasteiger partial charge on any atom is 0.410 e. The summed E-state index contributed by atoms with van der Waals surface area (Å²) < 4.78 is 6.48. The molecule has 1 amide bonds. The van der Waals surface area contributed by atoms with Crippen LogP contribution in [0.5, 0.6) is 0 Å². The number of ether oxygens (including phenoxy) is 1. The first kappa shape index (κ1) is 17.1. The van der Waals surface area contributed by atoms with Gasteiger partial charge >= 0.3 is 6.09 Å². The number of piperazine rings is 1. The van der Waals surface area contributed by atoms with Gasteiger partial charge in [0.1, 0.15) is 11.4 Å². The fourth-order valence-corrected chi connectivity index (χ4v) is 2.67. The van der Waals surface area contributed by atoms with Crippen molar-refractivity contribution < 1.29 is 9.53 Å². The molecule has 0 aliphatic carbocycles. The van der Waals surface area contributed by atoms with Crippen LogP contribution in [0.1, 0.15) is 33.3 Å². The summed E-state index contributed by atoms with van der Waals surface area (Å²) in [6.45, 7) is 11.9. The Labute approximate surface area is 140 Å². The number of aromatic nitrogens is 1. The third-order valence-electron chi connectivity index (χ3n) is 3.61. The van der Waals surface area contributed by atoms with E-state index >= 15 is 0 Å². The standard InChI is InChI=1S/C16H24BrN3O2/c1-11-8-14(18-9-13(11)17)19-6-7-20(12(2)10-19)15(21)22-16(3,4)5/h8-9,12H,6-7,10H2,1-5H3/t12-/m0/s1. The molecule has 1 aliphatic heterocycles. The van der Waals surface area contributed by atoms with Crippen molar-refractivity contribution in [3.8, 4) is 0 Å². The lowest BCUT2D eigenvalue weighted by molar-refractivity contribution is 0.0158. The summed E-state index contributed by atoms with van der Waals surface area (Å²) in [5.41, 5.74) is 0.699. The Morgan fingerprint density at radius 1 is 1.41 bits per heavy atom. The summed E-state index contributed by atoms with van der Waals surface area (Å²) in [5.74, 6) is 0.955. The molecule has 1 saturated heterocycles. The maximum absolute atomic E-state index is 12.2. The summed E-state index contributed by atoms with van der Waals surface area (Å²) in [5, 5.41) is 0. The molecule has 0 aromatic carbocycles. The Balaban J connectivity index is 2.03. The molecule has 2 heterocycles. The third-order valence-corrected chi connectivity index (χ3v) is 4.44. The molecule has 2 rings (SSSR count). The number of amides is 1. The molecular weight excluding hydrogens is 346 g/mol. The van der Waals surface area contributed by atoms with Gasteiger partial charge in [0.2, 0.25) is 0 Å². The number of aryl methyl sites for hydroxylation is 1. The first-order valence-electron chi connectivity index (χ1n) is 7.54. The van der Waals surface area contributed by atoms with E-state index in [1.54, 1.807) is 4.90 Å². The largest absolute Gasteiger partial charge is 0.444 e. The molecule has 1 aromatic rings. The number of nitrogens with zero attached hydrogens (tertiary/aromatic N) is 3. The Morgan fingerprint density at radius 2 is 2.09 bits per heavy atom. The minimum absolute atomic E-state index is 0.0920. The van der Waals surface area contributed by atoms with Gasteiger partial charge < -0.3 is 14.5 Å². The van der Waals surface area contributed by atoms with Crippen LogP contribution in [0.3, 0.4) is 0 Å². The molecule has 5 nitrogen and oxygen atoms in total. The van der Waals surface area contributed by atoms with Gasteiger partial charge in [-0.15, -0.1) is 0 Å². The van der Waals surface area contributed by atoms with Crippen molar-refractivity contribution in [1.82, 2.24) is 9.88 Å². The maximum atomic E-state index is 12.2. The van der Waals surface area contributed by atoms with Crippen molar-refractivity contribution >= 4 is 27.8 Å². The summed E-state index contributed by atoms with van der Waals surface area (Å²) in [6, 6.07) is 2.16. The van der Waals surface area contributed by atoms with Crippen LogP contribution in [-0.2, 0) is 4.74 Å². The molecule has 122 valence electrons. The summed E-state index contributed by atoms with van der Waals surface area (Å²) >= 11 is 3.47. The molecular formula is C16H24BrN3O2. The number of rotatable bonds is 1. The minimum atomic E-state index is -0.460. The van der Waals surface area contributed by atoms with E-state index in [0.29, 0.717) is 6.54 Å². The van der Waals surface area contributed by atoms with Gasteiger partial charge in [-0.1, -0.05) is 0 Å². The molecule has 1 aromatic heterocycles. The topological polar surface area (TPSA) is 45.7 Å². The number of carbonyl (C=O) groups excluding carboxylic acids is 1. The van der Waals surface area contributed by atoms with Crippen molar-refractivity contribution in [2.75, 3.05) is 24.5 Å². The van der Waals surface area contributed by atoms with E-state index in [0.717, 1.165) is 28.9 Å².